The first kappa shape index (κ1) is 17.1. The van der Waals surface area contributed by atoms with Crippen molar-refractivity contribution in [3.05, 3.63) is 23.2 Å². The first-order chi connectivity index (χ1) is 10.5. The fourth-order valence-corrected chi connectivity index (χ4v) is 3.13. The number of nitrogens with two attached hydrogens (primary N) is 1. The van der Waals surface area contributed by atoms with Crippen molar-refractivity contribution in [2.75, 3.05) is 25.5 Å². The van der Waals surface area contributed by atoms with Crippen LogP contribution in [0.15, 0.2) is 18.2 Å². The van der Waals surface area contributed by atoms with E-state index in [2.05, 4.69) is 10.2 Å². The zero-order chi connectivity index (χ0) is 16.1. The van der Waals surface area contributed by atoms with Gasteiger partial charge in [-0.25, -0.2) is 0 Å². The van der Waals surface area contributed by atoms with Crippen molar-refractivity contribution < 1.29 is 9.53 Å². The van der Waals surface area contributed by atoms with Gasteiger partial charge in [-0.3, -0.25) is 9.69 Å². The van der Waals surface area contributed by atoms with Crippen LogP contribution in [0, 0.1) is 0 Å². The van der Waals surface area contributed by atoms with E-state index in [1.807, 2.05) is 6.92 Å². The molecule has 1 saturated heterocycles. The van der Waals surface area contributed by atoms with Gasteiger partial charge < -0.3 is 15.8 Å². The molecule has 0 aromatic heterocycles. The molecule has 1 aliphatic heterocycles. The maximum absolute atomic E-state index is 12.3. The number of methoxy groups -OCH3 is 1. The van der Waals surface area contributed by atoms with E-state index >= 15 is 0 Å². The lowest BCUT2D eigenvalue weighted by molar-refractivity contribution is -0.118. The van der Waals surface area contributed by atoms with Crippen LogP contribution < -0.4 is 15.8 Å². The molecule has 1 aromatic rings. The van der Waals surface area contributed by atoms with Crippen molar-refractivity contribution in [2.24, 2.45) is 5.73 Å². The number of carbonyl (C=O) groups excluding carboxylic acids is 1. The van der Waals surface area contributed by atoms with Gasteiger partial charge in [-0.2, -0.15) is 0 Å². The molecule has 1 amide bonds. The molecule has 0 bridgehead atoms. The second kappa shape index (κ2) is 7.81. The van der Waals surface area contributed by atoms with E-state index in [1.54, 1.807) is 25.3 Å². The van der Waals surface area contributed by atoms with Gasteiger partial charge in [-0.15, -0.1) is 0 Å². The quantitative estimate of drug-likeness (QED) is 0.872. The molecule has 0 spiro atoms. The summed E-state index contributed by atoms with van der Waals surface area (Å²) in [5.74, 6) is 0.522. The van der Waals surface area contributed by atoms with Gasteiger partial charge in [-0.1, -0.05) is 18.0 Å². The smallest absolute Gasteiger partial charge is 0.238 e. The number of rotatable bonds is 5. The molecule has 6 heteroatoms. The Labute approximate surface area is 136 Å². The third-order valence-corrected chi connectivity index (χ3v) is 4.29. The van der Waals surface area contributed by atoms with E-state index in [4.69, 9.17) is 22.1 Å². The minimum atomic E-state index is -0.0758. The summed E-state index contributed by atoms with van der Waals surface area (Å²) in [7, 11) is 1.57. The second-order valence-electron chi connectivity index (χ2n) is 5.79. The maximum Gasteiger partial charge on any atom is 0.238 e. The van der Waals surface area contributed by atoms with E-state index in [9.17, 15) is 4.79 Å². The Balaban J connectivity index is 2.01. The first-order valence-corrected chi connectivity index (χ1v) is 8.02. The van der Waals surface area contributed by atoms with Crippen LogP contribution in [0.1, 0.15) is 26.2 Å². The number of amides is 1. The summed E-state index contributed by atoms with van der Waals surface area (Å²) in [6.07, 6.45) is 3.33. The van der Waals surface area contributed by atoms with Gasteiger partial charge in [-0.05, 0) is 44.5 Å². The predicted molar refractivity (Wildman–Crippen MR) is 89.5 cm³/mol. The lowest BCUT2D eigenvalue weighted by Crippen LogP contribution is -2.51. The summed E-state index contributed by atoms with van der Waals surface area (Å²) in [4.78, 5) is 14.5. The van der Waals surface area contributed by atoms with Crippen LogP contribution in [0.4, 0.5) is 5.69 Å². The third kappa shape index (κ3) is 4.35. The van der Waals surface area contributed by atoms with E-state index < -0.39 is 0 Å². The highest BCUT2D eigenvalue weighted by molar-refractivity contribution is 6.31. The van der Waals surface area contributed by atoms with Crippen LogP contribution in [0.3, 0.4) is 0 Å². The molecule has 1 aromatic carbocycles. The lowest BCUT2D eigenvalue weighted by Gasteiger charge is -2.37. The molecule has 2 rings (SSSR count). The molecule has 0 radical (unpaired) electrons. The number of hydrogen-bond acceptors (Lipinski definition) is 4. The minimum absolute atomic E-state index is 0.0637. The fraction of sp³-hybridized carbons (Fsp3) is 0.562. The lowest BCUT2D eigenvalue weighted by atomic mass is 9.97. The van der Waals surface area contributed by atoms with Gasteiger partial charge in [0.05, 0.1) is 19.3 Å². The molecule has 2 unspecified atom stereocenters. The Hall–Kier alpha value is -1.30. The van der Waals surface area contributed by atoms with Gasteiger partial charge in [0, 0.05) is 17.1 Å². The summed E-state index contributed by atoms with van der Waals surface area (Å²) < 4.78 is 5.24. The fourth-order valence-electron chi connectivity index (χ4n) is 2.96. The largest absolute Gasteiger partial charge is 0.495 e. The number of likely N-dealkylation sites (tertiary alicyclic amines) is 1. The summed E-state index contributed by atoms with van der Waals surface area (Å²) in [5, 5.41) is 3.44. The minimum Gasteiger partial charge on any atom is -0.495 e. The number of anilines is 1. The van der Waals surface area contributed by atoms with Crippen LogP contribution in [0.5, 0.6) is 5.75 Å². The molecule has 2 atom stereocenters. The molecule has 1 aliphatic rings. The molecule has 122 valence electrons. The summed E-state index contributed by atoms with van der Waals surface area (Å²) in [5.41, 5.74) is 6.63. The molecule has 22 heavy (non-hydrogen) atoms. The van der Waals surface area contributed by atoms with Crippen molar-refractivity contribution in [3.8, 4) is 5.75 Å². The number of nitrogens with one attached hydrogen (secondary N) is 1. The normalized spacial score (nSPS) is 20.5. The highest BCUT2D eigenvalue weighted by Crippen LogP contribution is 2.28. The zero-order valence-corrected chi connectivity index (χ0v) is 13.9. The highest BCUT2D eigenvalue weighted by atomic mass is 35.5. The zero-order valence-electron chi connectivity index (χ0n) is 13.1. The Morgan fingerprint density at radius 1 is 1.55 bits per heavy atom. The van der Waals surface area contributed by atoms with Crippen LogP contribution in [0.2, 0.25) is 5.02 Å². The van der Waals surface area contributed by atoms with Gasteiger partial charge in [0.1, 0.15) is 5.75 Å². The van der Waals surface area contributed by atoms with Gasteiger partial charge in [0.15, 0.2) is 0 Å². The number of ether oxygens (including phenoxy) is 1. The standard InChI is InChI=1S/C16H24ClN3O2/c1-11(18)14-5-3-4-8-20(14)10-16(21)19-13-9-12(17)6-7-15(13)22-2/h6-7,9,11,14H,3-5,8,10,18H2,1-2H3,(H,19,21). The van der Waals surface area contributed by atoms with Gasteiger partial charge in [0.2, 0.25) is 5.91 Å². The Morgan fingerprint density at radius 3 is 3.00 bits per heavy atom. The average molecular weight is 326 g/mol. The third-order valence-electron chi connectivity index (χ3n) is 4.05. The molecular weight excluding hydrogens is 302 g/mol. The number of carbonyl (C=O) groups is 1. The van der Waals surface area contributed by atoms with E-state index in [0.717, 1.165) is 19.4 Å². The molecular formula is C16H24ClN3O2. The van der Waals surface area contributed by atoms with Crippen LogP contribution in [-0.2, 0) is 4.79 Å². The van der Waals surface area contributed by atoms with Crippen molar-refractivity contribution in [2.45, 2.75) is 38.3 Å². The molecule has 3 N–H and O–H groups in total. The second-order valence-corrected chi connectivity index (χ2v) is 6.22. The Kier molecular flexibility index (Phi) is 6.06. The molecule has 1 fully saturated rings. The summed E-state index contributed by atoms with van der Waals surface area (Å²) >= 11 is 5.98. The van der Waals surface area contributed by atoms with Crippen molar-refractivity contribution in [1.82, 2.24) is 4.90 Å². The Bertz CT molecular complexity index is 522. The SMILES string of the molecule is COc1ccc(Cl)cc1NC(=O)CN1CCCCC1C(C)N. The van der Waals surface area contributed by atoms with Gasteiger partial charge >= 0.3 is 0 Å². The van der Waals surface area contributed by atoms with Crippen molar-refractivity contribution in [3.63, 3.8) is 0 Å². The van der Waals surface area contributed by atoms with E-state index in [1.165, 1.54) is 6.42 Å². The number of piperidine rings is 1. The van der Waals surface area contributed by atoms with Crippen LogP contribution >= 0.6 is 11.6 Å². The molecule has 0 saturated carbocycles. The highest BCUT2D eigenvalue weighted by Gasteiger charge is 2.27. The topological polar surface area (TPSA) is 67.6 Å². The maximum atomic E-state index is 12.3. The van der Waals surface area contributed by atoms with E-state index in [-0.39, 0.29) is 18.0 Å². The van der Waals surface area contributed by atoms with E-state index in [0.29, 0.717) is 23.0 Å². The van der Waals surface area contributed by atoms with Gasteiger partial charge in [0.25, 0.3) is 0 Å². The van der Waals surface area contributed by atoms with Crippen LogP contribution in [0.25, 0.3) is 0 Å². The first-order valence-electron chi connectivity index (χ1n) is 7.64. The molecule has 0 aliphatic carbocycles. The number of hydrogen-bond donors (Lipinski definition) is 2. The number of nitrogens with zero attached hydrogens (tertiary/aromatic N) is 1. The van der Waals surface area contributed by atoms with Crippen molar-refractivity contribution >= 4 is 23.2 Å². The summed E-state index contributed by atoms with van der Waals surface area (Å²) in [6.45, 7) is 3.25. The average Bonchev–Trinajstić information content (AvgIpc) is 2.47. The predicted octanol–water partition coefficient (Wildman–Crippen LogP) is 2.49. The molecule has 5 nitrogen and oxygen atoms in total. The summed E-state index contributed by atoms with van der Waals surface area (Å²) in [6, 6.07) is 5.49. The Morgan fingerprint density at radius 2 is 2.32 bits per heavy atom. The monoisotopic (exact) mass is 325 g/mol. The van der Waals surface area contributed by atoms with Crippen LogP contribution in [-0.4, -0.2) is 43.1 Å². The van der Waals surface area contributed by atoms with Crippen molar-refractivity contribution in [1.29, 1.82) is 0 Å². The number of halogens is 1. The number of benzene rings is 1. The molecule has 1 heterocycles.